The molecule has 2 aromatic heterocycles. The first-order valence-corrected chi connectivity index (χ1v) is 10.3. The molecule has 29 heavy (non-hydrogen) atoms. The first-order valence-electron chi connectivity index (χ1n) is 8.39. The normalized spacial score (nSPS) is 12.8. The van der Waals surface area contributed by atoms with E-state index in [1.165, 1.54) is 44.2 Å². The summed E-state index contributed by atoms with van der Waals surface area (Å²) in [6.07, 6.45) is 0. The third-order valence-electron chi connectivity index (χ3n) is 4.40. The van der Waals surface area contributed by atoms with Gasteiger partial charge in [0.25, 0.3) is 10.0 Å². The van der Waals surface area contributed by atoms with Crippen molar-refractivity contribution < 1.29 is 17.2 Å². The van der Waals surface area contributed by atoms with E-state index < -0.39 is 27.7 Å². The molecule has 0 radical (unpaired) electrons. The molecule has 0 aliphatic carbocycles. The highest BCUT2D eigenvalue weighted by Gasteiger charge is 2.28. The van der Waals surface area contributed by atoms with Gasteiger partial charge < -0.3 is 9.88 Å². The van der Waals surface area contributed by atoms with E-state index in [9.17, 15) is 17.2 Å². The molecule has 0 aliphatic heterocycles. The molecule has 0 saturated heterocycles. The molecule has 1 aromatic carbocycles. The number of aryl methyl sites for hydroxylation is 2. The number of pyridine rings is 1. The summed E-state index contributed by atoms with van der Waals surface area (Å²) in [5, 5.41) is 4.81. The average Bonchev–Trinajstić information content (AvgIpc) is 3.02. The quantitative estimate of drug-likeness (QED) is 0.632. The molecule has 0 saturated carbocycles. The number of hydrogen-bond acceptors (Lipinski definition) is 5. The fraction of sp³-hybridized carbons (Fsp3) is 0.222. The summed E-state index contributed by atoms with van der Waals surface area (Å²) in [6, 6.07) is 6.09. The monoisotopic (exact) mass is 441 g/mol. The standard InChI is InChI=1S/C18H18ClF2N5O2S/c1-9-13(20)6-7-15(23-9)26(3)16(11-4-5-14(21)12(19)8-11)17-24-10(2)18(25-17)29(22,27)28/h4-8,16H,1-3H3,(H,24,25)(H2,22,27,28). The number of anilines is 1. The number of aromatic nitrogens is 3. The Labute approximate surface area is 171 Å². The van der Waals surface area contributed by atoms with Crippen LogP contribution in [0.2, 0.25) is 5.02 Å². The second-order valence-electron chi connectivity index (χ2n) is 6.52. The summed E-state index contributed by atoms with van der Waals surface area (Å²) in [4.78, 5) is 12.9. The molecule has 0 amide bonds. The first kappa shape index (κ1) is 21.2. The minimum Gasteiger partial charge on any atom is -0.345 e. The number of H-pyrrole nitrogens is 1. The lowest BCUT2D eigenvalue weighted by atomic mass is 10.0. The number of imidazole rings is 1. The predicted molar refractivity (Wildman–Crippen MR) is 105 cm³/mol. The molecule has 0 fully saturated rings. The summed E-state index contributed by atoms with van der Waals surface area (Å²) in [7, 11) is -2.40. The number of benzene rings is 1. The summed E-state index contributed by atoms with van der Waals surface area (Å²) >= 11 is 5.95. The van der Waals surface area contributed by atoms with Gasteiger partial charge in [-0.2, -0.15) is 0 Å². The predicted octanol–water partition coefficient (Wildman–Crippen LogP) is 3.23. The van der Waals surface area contributed by atoms with Gasteiger partial charge in [0.15, 0.2) is 5.03 Å². The first-order chi connectivity index (χ1) is 13.5. The molecule has 154 valence electrons. The van der Waals surface area contributed by atoms with Crippen LogP contribution in [0.25, 0.3) is 0 Å². The fourth-order valence-electron chi connectivity index (χ4n) is 2.98. The SMILES string of the molecule is Cc1nc(N(C)C(c2ccc(F)c(Cl)c2)c2nc(S(N)(=O)=O)c(C)[nH]2)ccc1F. The summed E-state index contributed by atoms with van der Waals surface area (Å²) in [5.74, 6) is -0.455. The number of sulfonamides is 1. The highest BCUT2D eigenvalue weighted by atomic mass is 35.5. The van der Waals surface area contributed by atoms with Crippen LogP contribution < -0.4 is 10.0 Å². The Hall–Kier alpha value is -2.56. The molecule has 0 spiro atoms. The molecule has 11 heteroatoms. The summed E-state index contributed by atoms with van der Waals surface area (Å²) in [5.41, 5.74) is 0.945. The molecule has 3 N–H and O–H groups in total. The van der Waals surface area contributed by atoms with Crippen LogP contribution in [0.3, 0.4) is 0 Å². The highest BCUT2D eigenvalue weighted by molar-refractivity contribution is 7.89. The molecule has 2 heterocycles. The van der Waals surface area contributed by atoms with Crippen molar-refractivity contribution in [1.29, 1.82) is 0 Å². The largest absolute Gasteiger partial charge is 0.345 e. The van der Waals surface area contributed by atoms with Crippen LogP contribution in [0.5, 0.6) is 0 Å². The van der Waals surface area contributed by atoms with Crippen molar-refractivity contribution in [3.63, 3.8) is 0 Å². The zero-order valence-corrected chi connectivity index (χ0v) is 17.3. The molecule has 1 atom stereocenters. The minimum atomic E-state index is -4.06. The third kappa shape index (κ3) is 4.24. The van der Waals surface area contributed by atoms with Crippen LogP contribution in [0, 0.1) is 25.5 Å². The minimum absolute atomic E-state index is 0.112. The number of nitrogens with zero attached hydrogens (tertiary/aromatic N) is 3. The lowest BCUT2D eigenvalue weighted by Crippen LogP contribution is -2.27. The van der Waals surface area contributed by atoms with E-state index in [0.717, 1.165) is 0 Å². The van der Waals surface area contributed by atoms with Crippen molar-refractivity contribution in [2.45, 2.75) is 24.9 Å². The zero-order valence-electron chi connectivity index (χ0n) is 15.7. The topological polar surface area (TPSA) is 105 Å². The van der Waals surface area contributed by atoms with Crippen LogP contribution in [-0.4, -0.2) is 30.4 Å². The summed E-state index contributed by atoms with van der Waals surface area (Å²) < 4.78 is 51.0. The van der Waals surface area contributed by atoms with E-state index in [1.54, 1.807) is 11.9 Å². The Morgan fingerprint density at radius 2 is 1.79 bits per heavy atom. The Morgan fingerprint density at radius 3 is 2.34 bits per heavy atom. The van der Waals surface area contributed by atoms with E-state index in [1.807, 2.05) is 0 Å². The smallest absolute Gasteiger partial charge is 0.257 e. The second kappa shape index (κ2) is 7.69. The zero-order chi connectivity index (χ0) is 21.5. The number of hydrogen-bond donors (Lipinski definition) is 2. The Balaban J connectivity index is 2.19. The van der Waals surface area contributed by atoms with Crippen LogP contribution in [0.4, 0.5) is 14.6 Å². The maximum atomic E-state index is 13.7. The van der Waals surface area contributed by atoms with Gasteiger partial charge in [0.1, 0.15) is 29.3 Å². The van der Waals surface area contributed by atoms with Crippen LogP contribution in [0.1, 0.15) is 28.8 Å². The van der Waals surface area contributed by atoms with Gasteiger partial charge in [-0.1, -0.05) is 17.7 Å². The molecule has 0 aliphatic rings. The van der Waals surface area contributed by atoms with Crippen LogP contribution in [-0.2, 0) is 10.0 Å². The van der Waals surface area contributed by atoms with E-state index in [-0.39, 0.29) is 27.3 Å². The molecular weight excluding hydrogens is 424 g/mol. The second-order valence-corrected chi connectivity index (χ2v) is 8.40. The highest BCUT2D eigenvalue weighted by Crippen LogP contribution is 2.32. The van der Waals surface area contributed by atoms with Gasteiger partial charge in [0, 0.05) is 7.05 Å². The summed E-state index contributed by atoms with van der Waals surface area (Å²) in [6.45, 7) is 3.04. The Morgan fingerprint density at radius 1 is 1.14 bits per heavy atom. The van der Waals surface area contributed by atoms with Crippen molar-refractivity contribution in [3.8, 4) is 0 Å². The lowest BCUT2D eigenvalue weighted by molar-refractivity contribution is 0.593. The number of aromatic amines is 1. The van der Waals surface area contributed by atoms with Gasteiger partial charge >= 0.3 is 0 Å². The van der Waals surface area contributed by atoms with Crippen LogP contribution in [0.15, 0.2) is 35.4 Å². The van der Waals surface area contributed by atoms with Crippen molar-refractivity contribution in [2.75, 3.05) is 11.9 Å². The molecule has 7 nitrogen and oxygen atoms in total. The number of primary sulfonamides is 1. The molecule has 0 bridgehead atoms. The van der Waals surface area contributed by atoms with Gasteiger partial charge in [0.2, 0.25) is 0 Å². The number of halogens is 3. The molecule has 1 unspecified atom stereocenters. The van der Waals surface area contributed by atoms with Crippen molar-refractivity contribution in [2.24, 2.45) is 5.14 Å². The van der Waals surface area contributed by atoms with E-state index >= 15 is 0 Å². The maximum absolute atomic E-state index is 13.7. The number of rotatable bonds is 5. The van der Waals surface area contributed by atoms with Gasteiger partial charge in [0.05, 0.1) is 16.4 Å². The van der Waals surface area contributed by atoms with Gasteiger partial charge in [-0.15, -0.1) is 0 Å². The third-order valence-corrected chi connectivity index (χ3v) is 5.63. The Bertz CT molecular complexity index is 1180. The van der Waals surface area contributed by atoms with Crippen molar-refractivity contribution >= 4 is 27.4 Å². The van der Waals surface area contributed by atoms with E-state index in [2.05, 4.69) is 15.0 Å². The Kier molecular flexibility index (Phi) is 5.61. The van der Waals surface area contributed by atoms with E-state index in [4.69, 9.17) is 16.7 Å². The van der Waals surface area contributed by atoms with Crippen molar-refractivity contribution in [1.82, 2.24) is 15.0 Å². The van der Waals surface area contributed by atoms with Crippen molar-refractivity contribution in [3.05, 3.63) is 69.8 Å². The maximum Gasteiger partial charge on any atom is 0.257 e. The number of nitrogens with one attached hydrogen (secondary N) is 1. The molecule has 3 aromatic rings. The molecular formula is C18H18ClF2N5O2S. The lowest BCUT2D eigenvalue weighted by Gasteiger charge is -2.28. The van der Waals surface area contributed by atoms with Crippen LogP contribution >= 0.6 is 11.6 Å². The van der Waals surface area contributed by atoms with E-state index in [0.29, 0.717) is 11.4 Å². The fourth-order valence-corrected chi connectivity index (χ4v) is 3.87. The average molecular weight is 442 g/mol. The molecule has 3 rings (SSSR count). The number of nitrogens with two attached hydrogens (primary N) is 1. The van der Waals surface area contributed by atoms with Gasteiger partial charge in [-0.3, -0.25) is 0 Å². The van der Waals surface area contributed by atoms with Gasteiger partial charge in [-0.05, 0) is 43.7 Å². The van der Waals surface area contributed by atoms with Gasteiger partial charge in [-0.25, -0.2) is 32.3 Å².